The van der Waals surface area contributed by atoms with Gasteiger partial charge in [0.15, 0.2) is 5.67 Å². The molecule has 0 radical (unpaired) electrons. The second-order valence-electron chi connectivity index (χ2n) is 9.56. The molecule has 2 aliphatic rings. The van der Waals surface area contributed by atoms with Crippen molar-refractivity contribution in [3.63, 3.8) is 0 Å². The lowest BCUT2D eigenvalue weighted by molar-refractivity contribution is -0.114. The molecule has 1 aliphatic carbocycles. The fraction of sp³-hybridized carbons (Fsp3) is 0.448. The second-order valence-corrected chi connectivity index (χ2v) is 9.56. The number of carbonyl (C=O) groups is 1. The minimum absolute atomic E-state index is 0.146. The zero-order chi connectivity index (χ0) is 26.3. The highest BCUT2D eigenvalue weighted by atomic mass is 19.1. The third-order valence-electron chi connectivity index (χ3n) is 6.56. The van der Waals surface area contributed by atoms with E-state index in [0.29, 0.717) is 37.1 Å². The van der Waals surface area contributed by atoms with Crippen molar-refractivity contribution in [2.45, 2.75) is 51.7 Å². The van der Waals surface area contributed by atoms with Crippen LogP contribution in [0.25, 0.3) is 5.57 Å². The molecule has 2 heterocycles. The molecule has 1 aliphatic heterocycles. The molecule has 0 spiro atoms. The highest BCUT2D eigenvalue weighted by molar-refractivity contribution is 5.87. The normalized spacial score (nSPS) is 20.8. The first kappa shape index (κ1) is 26.7. The molecule has 8 heteroatoms. The number of hydrogen-bond acceptors (Lipinski definition) is 6. The number of amides is 1. The molecule has 1 saturated heterocycles. The van der Waals surface area contributed by atoms with Crippen LogP contribution in [0.2, 0.25) is 0 Å². The molecule has 2 aromatic rings. The van der Waals surface area contributed by atoms with Crippen molar-refractivity contribution < 1.29 is 18.7 Å². The summed E-state index contributed by atoms with van der Waals surface area (Å²) >= 11 is 0. The number of allylic oxidation sites excluding steroid dienone is 2. The number of halogens is 1. The number of anilines is 2. The number of benzene rings is 1. The molecule has 1 atom stereocenters. The maximum absolute atomic E-state index is 16.4. The van der Waals surface area contributed by atoms with Gasteiger partial charge in [-0.05, 0) is 50.5 Å². The summed E-state index contributed by atoms with van der Waals surface area (Å²) in [7, 11) is 0. The third kappa shape index (κ3) is 7.10. The maximum atomic E-state index is 16.4. The molecule has 0 saturated carbocycles. The summed E-state index contributed by atoms with van der Waals surface area (Å²) in [5.74, 6) is 1.59. The van der Waals surface area contributed by atoms with E-state index in [9.17, 15) is 4.79 Å². The fourth-order valence-electron chi connectivity index (χ4n) is 5.00. The second kappa shape index (κ2) is 12.2. The van der Waals surface area contributed by atoms with Crippen LogP contribution in [0.4, 0.5) is 15.9 Å². The van der Waals surface area contributed by atoms with Gasteiger partial charge in [0.05, 0.1) is 30.7 Å². The quantitative estimate of drug-likeness (QED) is 0.448. The molecule has 7 nitrogen and oxygen atoms in total. The Morgan fingerprint density at radius 2 is 1.84 bits per heavy atom. The van der Waals surface area contributed by atoms with Crippen LogP contribution in [0.3, 0.4) is 0 Å². The van der Waals surface area contributed by atoms with Crippen LogP contribution in [0, 0.1) is 0 Å². The van der Waals surface area contributed by atoms with Gasteiger partial charge in [-0.3, -0.25) is 9.69 Å². The van der Waals surface area contributed by atoms with Crippen LogP contribution >= 0.6 is 0 Å². The number of piperidine rings is 1. The predicted octanol–water partition coefficient (Wildman–Crippen LogP) is 5.40. The lowest BCUT2D eigenvalue weighted by Crippen LogP contribution is -2.46. The van der Waals surface area contributed by atoms with Crippen molar-refractivity contribution in [1.29, 1.82) is 0 Å². The average Bonchev–Trinajstić information content (AvgIpc) is 2.87. The van der Waals surface area contributed by atoms with Gasteiger partial charge in [-0.2, -0.15) is 0 Å². The number of rotatable bonds is 10. The minimum Gasteiger partial charge on any atom is -0.497 e. The first-order chi connectivity index (χ1) is 17.9. The first-order valence-corrected chi connectivity index (χ1v) is 13.1. The molecular weight excluding hydrogens is 471 g/mol. The Labute approximate surface area is 218 Å². The molecule has 1 aromatic heterocycles. The summed E-state index contributed by atoms with van der Waals surface area (Å²) in [6.07, 6.45) is 5.37. The Balaban J connectivity index is 1.39. The third-order valence-corrected chi connectivity index (χ3v) is 6.56. The zero-order valence-electron chi connectivity index (χ0n) is 21.9. The number of aromatic nitrogens is 1. The van der Waals surface area contributed by atoms with E-state index < -0.39 is 5.67 Å². The molecule has 198 valence electrons. The molecular formula is C29H37FN4O3. The van der Waals surface area contributed by atoms with E-state index in [2.05, 4.69) is 20.5 Å². The molecule has 1 fully saturated rings. The number of hydrogen-bond donors (Lipinski definition) is 2. The summed E-state index contributed by atoms with van der Waals surface area (Å²) in [5.41, 5.74) is 1.15. The molecule has 0 bridgehead atoms. The standard InChI is InChI=1S/C29H37FN4O3/c1-4-36-25-17-29(30,18-26(37-5-2)28(25)22-9-7-6-8-10-22)20-34-15-13-23(14-16-34)33-24-11-12-27(31-19-24)32-21(3)35/h6-12,17,19,23,33H,4-5,13-16,18,20H2,1-3H3,(H,31,32,35). The topological polar surface area (TPSA) is 75.7 Å². The summed E-state index contributed by atoms with van der Waals surface area (Å²) in [5, 5.41) is 6.18. The van der Waals surface area contributed by atoms with E-state index in [1.165, 1.54) is 6.92 Å². The SMILES string of the molecule is CCOC1=CC(F)(CN2CCC(Nc3ccc(NC(C)=O)nc3)CC2)CC(OCC)=C1c1ccccc1. The van der Waals surface area contributed by atoms with Crippen LogP contribution in [-0.2, 0) is 14.3 Å². The monoisotopic (exact) mass is 508 g/mol. The molecule has 2 N–H and O–H groups in total. The molecule has 1 aromatic carbocycles. The predicted molar refractivity (Wildman–Crippen MR) is 145 cm³/mol. The number of alkyl halides is 1. The van der Waals surface area contributed by atoms with E-state index in [1.807, 2.05) is 50.2 Å². The van der Waals surface area contributed by atoms with Crippen molar-refractivity contribution in [1.82, 2.24) is 9.88 Å². The van der Waals surface area contributed by atoms with Crippen LogP contribution < -0.4 is 10.6 Å². The molecule has 1 amide bonds. The van der Waals surface area contributed by atoms with Gasteiger partial charge in [0.25, 0.3) is 0 Å². The van der Waals surface area contributed by atoms with Gasteiger partial charge in [0.2, 0.25) is 5.91 Å². The lowest BCUT2D eigenvalue weighted by atomic mass is 9.86. The summed E-state index contributed by atoms with van der Waals surface area (Å²) < 4.78 is 28.3. The lowest BCUT2D eigenvalue weighted by Gasteiger charge is -2.38. The number of pyridine rings is 1. The Bertz CT molecular complexity index is 1110. The van der Waals surface area contributed by atoms with Gasteiger partial charge in [0, 0.05) is 39.0 Å². The number of carbonyl (C=O) groups excluding carboxylic acids is 1. The average molecular weight is 509 g/mol. The summed E-state index contributed by atoms with van der Waals surface area (Å²) in [6, 6.07) is 13.9. The fourth-order valence-corrected chi connectivity index (χ4v) is 5.00. The van der Waals surface area contributed by atoms with Crippen LogP contribution in [-0.4, -0.2) is 60.3 Å². The Kier molecular flexibility index (Phi) is 8.82. The van der Waals surface area contributed by atoms with Crippen LogP contribution in [0.5, 0.6) is 0 Å². The highest BCUT2D eigenvalue weighted by Crippen LogP contribution is 2.41. The Morgan fingerprint density at radius 1 is 1.11 bits per heavy atom. The van der Waals surface area contributed by atoms with Crippen molar-refractivity contribution in [2.24, 2.45) is 0 Å². The van der Waals surface area contributed by atoms with Crippen molar-refractivity contribution >= 4 is 23.0 Å². The van der Waals surface area contributed by atoms with Gasteiger partial charge in [-0.25, -0.2) is 9.37 Å². The number of nitrogens with zero attached hydrogens (tertiary/aromatic N) is 2. The zero-order valence-corrected chi connectivity index (χ0v) is 21.9. The number of likely N-dealkylation sites (tertiary alicyclic amines) is 1. The van der Waals surface area contributed by atoms with Gasteiger partial charge in [-0.15, -0.1) is 0 Å². The number of nitrogens with one attached hydrogen (secondary N) is 2. The largest absolute Gasteiger partial charge is 0.497 e. The highest BCUT2D eigenvalue weighted by Gasteiger charge is 2.39. The van der Waals surface area contributed by atoms with Gasteiger partial charge in [-0.1, -0.05) is 30.3 Å². The minimum atomic E-state index is -1.57. The molecule has 37 heavy (non-hydrogen) atoms. The van der Waals surface area contributed by atoms with E-state index in [4.69, 9.17) is 9.47 Å². The van der Waals surface area contributed by atoms with Crippen LogP contribution in [0.15, 0.2) is 66.3 Å². The van der Waals surface area contributed by atoms with E-state index in [1.54, 1.807) is 18.3 Å². The summed E-state index contributed by atoms with van der Waals surface area (Å²) in [4.78, 5) is 17.6. The van der Waals surface area contributed by atoms with E-state index in [-0.39, 0.29) is 18.4 Å². The van der Waals surface area contributed by atoms with Crippen molar-refractivity contribution in [2.75, 3.05) is 43.5 Å². The van der Waals surface area contributed by atoms with Gasteiger partial charge in [0.1, 0.15) is 17.3 Å². The molecule has 1 unspecified atom stereocenters. The summed E-state index contributed by atoms with van der Waals surface area (Å²) in [6.45, 7) is 8.10. The maximum Gasteiger partial charge on any atom is 0.222 e. The van der Waals surface area contributed by atoms with Gasteiger partial charge >= 0.3 is 0 Å². The van der Waals surface area contributed by atoms with Crippen molar-refractivity contribution in [3.8, 4) is 0 Å². The Morgan fingerprint density at radius 3 is 2.46 bits per heavy atom. The number of ether oxygens (including phenoxy) is 2. The molecule has 4 rings (SSSR count). The van der Waals surface area contributed by atoms with Crippen LogP contribution in [0.1, 0.15) is 45.6 Å². The van der Waals surface area contributed by atoms with E-state index in [0.717, 1.165) is 42.8 Å². The van der Waals surface area contributed by atoms with Gasteiger partial charge < -0.3 is 20.1 Å². The first-order valence-electron chi connectivity index (χ1n) is 13.1. The Hall–Kier alpha value is -3.39. The van der Waals surface area contributed by atoms with Crippen molar-refractivity contribution in [3.05, 3.63) is 71.8 Å². The smallest absolute Gasteiger partial charge is 0.222 e. The van der Waals surface area contributed by atoms with E-state index >= 15 is 4.39 Å².